The van der Waals surface area contributed by atoms with Crippen molar-refractivity contribution >= 4 is 16.9 Å². The van der Waals surface area contributed by atoms with Crippen LogP contribution in [0.3, 0.4) is 0 Å². The molecule has 2 N–H and O–H groups in total. The molecule has 130 valence electrons. The molecule has 0 aliphatic rings. The Kier molecular flexibility index (Phi) is 5.33. The van der Waals surface area contributed by atoms with Gasteiger partial charge in [-0.15, -0.1) is 0 Å². The van der Waals surface area contributed by atoms with Crippen molar-refractivity contribution in [1.29, 1.82) is 0 Å². The van der Waals surface area contributed by atoms with Crippen molar-refractivity contribution in [2.24, 2.45) is 0 Å². The number of carbonyl (C=O) groups is 1. The molecule has 2 aromatic carbocycles. The van der Waals surface area contributed by atoms with E-state index in [0.29, 0.717) is 6.54 Å². The van der Waals surface area contributed by atoms with Crippen molar-refractivity contribution in [3.63, 3.8) is 0 Å². The number of nitrogens with one attached hydrogen (secondary N) is 2. The largest absolute Gasteiger partial charge is 0.483 e. The standard InChI is InChI=1S/C20H23N3O2/c1-14-7-5-8-15(2)20(14)25-13-19(24)21-12-6-11-18-22-16-9-3-4-10-17(16)23-18/h3-5,7-10H,6,11-13H2,1-2H3,(H,21,24)(H,22,23). The number of aromatic amines is 1. The zero-order valence-corrected chi connectivity index (χ0v) is 14.6. The lowest BCUT2D eigenvalue weighted by atomic mass is 10.1. The number of ether oxygens (including phenoxy) is 1. The quantitative estimate of drug-likeness (QED) is 0.650. The number of benzene rings is 2. The van der Waals surface area contributed by atoms with Crippen LogP contribution in [0.1, 0.15) is 23.4 Å². The molecule has 1 amide bonds. The number of amides is 1. The molecule has 0 radical (unpaired) electrons. The van der Waals surface area contributed by atoms with Gasteiger partial charge in [-0.25, -0.2) is 4.98 Å². The van der Waals surface area contributed by atoms with E-state index in [9.17, 15) is 4.79 Å². The Morgan fingerprint density at radius 2 is 1.88 bits per heavy atom. The third-order valence-corrected chi connectivity index (χ3v) is 4.11. The number of aromatic nitrogens is 2. The molecular formula is C20H23N3O2. The average molecular weight is 337 g/mol. The first-order chi connectivity index (χ1) is 12.1. The van der Waals surface area contributed by atoms with Crippen LogP contribution in [0.2, 0.25) is 0 Å². The van der Waals surface area contributed by atoms with Gasteiger partial charge in [0.2, 0.25) is 0 Å². The minimum atomic E-state index is -0.104. The summed E-state index contributed by atoms with van der Waals surface area (Å²) in [5.41, 5.74) is 4.10. The molecule has 1 aromatic heterocycles. The number of H-pyrrole nitrogens is 1. The molecule has 0 atom stereocenters. The second-order valence-corrected chi connectivity index (χ2v) is 6.16. The molecule has 3 aromatic rings. The van der Waals surface area contributed by atoms with Gasteiger partial charge in [0.05, 0.1) is 11.0 Å². The molecule has 0 unspecified atom stereocenters. The molecule has 0 aliphatic heterocycles. The highest BCUT2D eigenvalue weighted by Gasteiger charge is 2.07. The van der Waals surface area contributed by atoms with E-state index in [0.717, 1.165) is 46.6 Å². The van der Waals surface area contributed by atoms with Crippen LogP contribution >= 0.6 is 0 Å². The first kappa shape index (κ1) is 17.0. The van der Waals surface area contributed by atoms with Gasteiger partial charge in [-0.1, -0.05) is 30.3 Å². The molecule has 0 saturated carbocycles. The van der Waals surface area contributed by atoms with Gasteiger partial charge in [-0.3, -0.25) is 4.79 Å². The SMILES string of the molecule is Cc1cccc(C)c1OCC(=O)NCCCc1nc2ccccc2[nH]1. The molecular weight excluding hydrogens is 314 g/mol. The number of hydrogen-bond acceptors (Lipinski definition) is 3. The smallest absolute Gasteiger partial charge is 0.257 e. The van der Waals surface area contributed by atoms with Crippen LogP contribution in [0.25, 0.3) is 11.0 Å². The number of para-hydroxylation sites is 3. The number of hydrogen-bond donors (Lipinski definition) is 2. The first-order valence-electron chi connectivity index (χ1n) is 8.53. The lowest BCUT2D eigenvalue weighted by Crippen LogP contribution is -2.30. The van der Waals surface area contributed by atoms with Crippen LogP contribution in [-0.2, 0) is 11.2 Å². The minimum Gasteiger partial charge on any atom is -0.483 e. The van der Waals surface area contributed by atoms with Gasteiger partial charge in [0.15, 0.2) is 6.61 Å². The van der Waals surface area contributed by atoms with Crippen molar-refractivity contribution < 1.29 is 9.53 Å². The molecule has 0 bridgehead atoms. The normalized spacial score (nSPS) is 10.8. The van der Waals surface area contributed by atoms with E-state index in [1.165, 1.54) is 0 Å². The van der Waals surface area contributed by atoms with Crippen molar-refractivity contribution in [2.45, 2.75) is 26.7 Å². The molecule has 0 aliphatic carbocycles. The molecule has 0 saturated heterocycles. The highest BCUT2D eigenvalue weighted by atomic mass is 16.5. The Morgan fingerprint density at radius 1 is 1.12 bits per heavy atom. The van der Waals surface area contributed by atoms with E-state index in [1.54, 1.807) is 0 Å². The lowest BCUT2D eigenvalue weighted by molar-refractivity contribution is -0.123. The van der Waals surface area contributed by atoms with Crippen LogP contribution in [0.15, 0.2) is 42.5 Å². The molecule has 25 heavy (non-hydrogen) atoms. The second kappa shape index (κ2) is 7.83. The zero-order valence-electron chi connectivity index (χ0n) is 14.6. The Balaban J connectivity index is 1.40. The molecule has 0 spiro atoms. The van der Waals surface area contributed by atoms with E-state index in [-0.39, 0.29) is 12.5 Å². The van der Waals surface area contributed by atoms with E-state index in [2.05, 4.69) is 15.3 Å². The molecule has 5 nitrogen and oxygen atoms in total. The number of nitrogens with zero attached hydrogens (tertiary/aromatic N) is 1. The van der Waals surface area contributed by atoms with Gasteiger partial charge in [0.25, 0.3) is 5.91 Å². The topological polar surface area (TPSA) is 67.0 Å². The van der Waals surface area contributed by atoms with Crippen molar-refractivity contribution in [3.05, 3.63) is 59.4 Å². The predicted molar refractivity (Wildman–Crippen MR) is 98.8 cm³/mol. The van der Waals surface area contributed by atoms with Crippen LogP contribution in [-0.4, -0.2) is 29.0 Å². The Hall–Kier alpha value is -2.82. The highest BCUT2D eigenvalue weighted by molar-refractivity contribution is 5.77. The maximum Gasteiger partial charge on any atom is 0.257 e. The maximum absolute atomic E-state index is 11.9. The highest BCUT2D eigenvalue weighted by Crippen LogP contribution is 2.22. The van der Waals surface area contributed by atoms with E-state index in [1.807, 2.05) is 56.3 Å². The third-order valence-electron chi connectivity index (χ3n) is 4.11. The van der Waals surface area contributed by atoms with Crippen molar-refractivity contribution in [1.82, 2.24) is 15.3 Å². The number of imidazole rings is 1. The number of rotatable bonds is 7. The monoisotopic (exact) mass is 337 g/mol. The van der Waals surface area contributed by atoms with E-state index < -0.39 is 0 Å². The summed E-state index contributed by atoms with van der Waals surface area (Å²) in [5.74, 6) is 1.63. The second-order valence-electron chi connectivity index (χ2n) is 6.16. The number of aryl methyl sites for hydroxylation is 3. The van der Waals surface area contributed by atoms with Crippen LogP contribution in [0.4, 0.5) is 0 Å². The van der Waals surface area contributed by atoms with Gasteiger partial charge in [0, 0.05) is 13.0 Å². The van der Waals surface area contributed by atoms with Gasteiger partial charge in [0.1, 0.15) is 11.6 Å². The number of carbonyl (C=O) groups excluding carboxylic acids is 1. The van der Waals surface area contributed by atoms with Crippen LogP contribution < -0.4 is 10.1 Å². The summed E-state index contributed by atoms with van der Waals surface area (Å²) in [7, 11) is 0. The summed E-state index contributed by atoms with van der Waals surface area (Å²) in [4.78, 5) is 19.8. The summed E-state index contributed by atoms with van der Waals surface area (Å²) in [6, 6.07) is 13.9. The summed E-state index contributed by atoms with van der Waals surface area (Å²) >= 11 is 0. The van der Waals surface area contributed by atoms with Crippen molar-refractivity contribution in [2.75, 3.05) is 13.2 Å². The maximum atomic E-state index is 11.9. The molecule has 1 heterocycles. The van der Waals surface area contributed by atoms with Gasteiger partial charge in [-0.2, -0.15) is 0 Å². The average Bonchev–Trinajstić information content (AvgIpc) is 3.01. The van der Waals surface area contributed by atoms with E-state index in [4.69, 9.17) is 4.74 Å². The summed E-state index contributed by atoms with van der Waals surface area (Å²) < 4.78 is 5.65. The fourth-order valence-corrected chi connectivity index (χ4v) is 2.82. The van der Waals surface area contributed by atoms with Gasteiger partial charge in [-0.05, 0) is 43.5 Å². The van der Waals surface area contributed by atoms with Crippen LogP contribution in [0.5, 0.6) is 5.75 Å². The zero-order chi connectivity index (χ0) is 17.6. The summed E-state index contributed by atoms with van der Waals surface area (Å²) in [6.07, 6.45) is 1.63. The first-order valence-corrected chi connectivity index (χ1v) is 8.53. The lowest BCUT2D eigenvalue weighted by Gasteiger charge is -2.11. The van der Waals surface area contributed by atoms with Crippen LogP contribution in [0, 0.1) is 13.8 Å². The van der Waals surface area contributed by atoms with E-state index >= 15 is 0 Å². The van der Waals surface area contributed by atoms with Gasteiger partial charge >= 0.3 is 0 Å². The Bertz CT molecular complexity index is 817. The summed E-state index contributed by atoms with van der Waals surface area (Å²) in [6.45, 7) is 4.60. The third kappa shape index (κ3) is 4.38. The van der Waals surface area contributed by atoms with Gasteiger partial charge < -0.3 is 15.0 Å². The Labute approximate surface area is 147 Å². The molecule has 5 heteroatoms. The predicted octanol–water partition coefficient (Wildman–Crippen LogP) is 3.31. The fourth-order valence-electron chi connectivity index (χ4n) is 2.82. The Morgan fingerprint density at radius 3 is 2.64 bits per heavy atom. The van der Waals surface area contributed by atoms with Crippen molar-refractivity contribution in [3.8, 4) is 5.75 Å². The molecule has 3 rings (SSSR count). The molecule has 0 fully saturated rings. The summed E-state index contributed by atoms with van der Waals surface area (Å²) in [5, 5.41) is 2.89. The fraction of sp³-hybridized carbons (Fsp3) is 0.300. The minimum absolute atomic E-state index is 0.0380. The number of fused-ring (bicyclic) bond motifs is 1.